The minimum atomic E-state index is -3.08. The number of sulfonamides is 1. The molecule has 1 heterocycles. The molecule has 0 saturated carbocycles. The molecule has 1 aliphatic heterocycles. The van der Waals surface area contributed by atoms with Crippen molar-refractivity contribution in [1.29, 1.82) is 0 Å². The maximum absolute atomic E-state index is 11.6. The lowest BCUT2D eigenvalue weighted by Crippen LogP contribution is -2.44. The summed E-state index contributed by atoms with van der Waals surface area (Å²) in [6.45, 7) is 11.4. The Morgan fingerprint density at radius 3 is 2.40 bits per heavy atom. The number of aliphatic imine (C=N–C) groups is 1. The first-order chi connectivity index (χ1) is 13.6. The zero-order valence-electron chi connectivity index (χ0n) is 18.8. The summed E-state index contributed by atoms with van der Waals surface area (Å²) in [5.41, 5.74) is 0.782. The Kier molecular flexibility index (Phi) is 10.9. The second-order valence-electron chi connectivity index (χ2n) is 8.50. The van der Waals surface area contributed by atoms with Gasteiger partial charge in [-0.25, -0.2) is 17.7 Å². The first-order valence-corrected chi connectivity index (χ1v) is 12.2. The molecule has 2 rings (SSSR count). The molecule has 0 atom stereocenters. The van der Waals surface area contributed by atoms with Crippen LogP contribution in [0.25, 0.3) is 0 Å². The molecule has 7 nitrogen and oxygen atoms in total. The van der Waals surface area contributed by atoms with Crippen LogP contribution in [0.5, 0.6) is 5.75 Å². The van der Waals surface area contributed by atoms with Gasteiger partial charge in [-0.1, -0.05) is 18.2 Å². The van der Waals surface area contributed by atoms with E-state index in [4.69, 9.17) is 9.73 Å². The fourth-order valence-corrected chi connectivity index (χ4v) is 4.13. The van der Waals surface area contributed by atoms with Gasteiger partial charge in [-0.05, 0) is 52.5 Å². The molecule has 1 aliphatic rings. The minimum Gasteiger partial charge on any atom is -0.488 e. The van der Waals surface area contributed by atoms with Crippen molar-refractivity contribution in [2.24, 2.45) is 10.9 Å². The number of piperidine rings is 1. The van der Waals surface area contributed by atoms with Crippen LogP contribution in [0.2, 0.25) is 0 Å². The first kappa shape index (κ1) is 27.0. The van der Waals surface area contributed by atoms with Crippen molar-refractivity contribution in [3.8, 4) is 5.75 Å². The van der Waals surface area contributed by atoms with Crippen molar-refractivity contribution >= 4 is 40.0 Å². The molecule has 1 aromatic carbocycles. The molecule has 0 unspecified atom stereocenters. The number of halogens is 1. The van der Waals surface area contributed by atoms with Crippen molar-refractivity contribution < 1.29 is 13.2 Å². The molecule has 1 fully saturated rings. The zero-order chi connectivity index (χ0) is 21.5. The SMILES string of the molecule is CCNC(=NCc1ccccc1OC(C)(C)C)NCC1CCN(S(C)(=O)=O)CC1.I. The van der Waals surface area contributed by atoms with Crippen LogP contribution in [0, 0.1) is 5.92 Å². The number of ether oxygens (including phenoxy) is 1. The lowest BCUT2D eigenvalue weighted by Gasteiger charge is -2.30. The summed E-state index contributed by atoms with van der Waals surface area (Å²) in [6, 6.07) is 7.98. The van der Waals surface area contributed by atoms with Crippen LogP contribution in [-0.2, 0) is 16.6 Å². The second-order valence-corrected chi connectivity index (χ2v) is 10.5. The van der Waals surface area contributed by atoms with Gasteiger partial charge in [0.1, 0.15) is 11.4 Å². The highest BCUT2D eigenvalue weighted by Gasteiger charge is 2.24. The van der Waals surface area contributed by atoms with Crippen LogP contribution in [0.4, 0.5) is 0 Å². The number of hydrogen-bond donors (Lipinski definition) is 2. The maximum atomic E-state index is 11.6. The predicted octanol–water partition coefficient (Wildman–Crippen LogP) is 3.21. The molecule has 9 heteroatoms. The van der Waals surface area contributed by atoms with E-state index in [1.807, 2.05) is 52.0 Å². The van der Waals surface area contributed by atoms with Crippen molar-refractivity contribution in [2.75, 3.05) is 32.4 Å². The molecule has 0 aromatic heterocycles. The molecule has 30 heavy (non-hydrogen) atoms. The number of benzene rings is 1. The lowest BCUT2D eigenvalue weighted by molar-refractivity contribution is 0.129. The Labute approximate surface area is 199 Å². The van der Waals surface area contributed by atoms with Gasteiger partial charge in [-0.3, -0.25) is 0 Å². The van der Waals surface area contributed by atoms with E-state index in [1.54, 1.807) is 4.31 Å². The topological polar surface area (TPSA) is 83.0 Å². The first-order valence-electron chi connectivity index (χ1n) is 10.3. The average Bonchev–Trinajstić information content (AvgIpc) is 2.63. The van der Waals surface area contributed by atoms with Gasteiger partial charge in [-0.15, -0.1) is 24.0 Å². The van der Waals surface area contributed by atoms with E-state index in [0.717, 1.165) is 43.2 Å². The molecule has 172 valence electrons. The van der Waals surface area contributed by atoms with Gasteiger partial charge in [0.2, 0.25) is 10.0 Å². The van der Waals surface area contributed by atoms with Crippen molar-refractivity contribution in [2.45, 2.75) is 52.7 Å². The fraction of sp³-hybridized carbons (Fsp3) is 0.667. The quantitative estimate of drug-likeness (QED) is 0.309. The highest BCUT2D eigenvalue weighted by molar-refractivity contribution is 14.0. The van der Waals surface area contributed by atoms with Crippen LogP contribution >= 0.6 is 24.0 Å². The van der Waals surface area contributed by atoms with Crippen LogP contribution in [0.15, 0.2) is 29.3 Å². The monoisotopic (exact) mass is 552 g/mol. The summed E-state index contributed by atoms with van der Waals surface area (Å²) >= 11 is 0. The summed E-state index contributed by atoms with van der Waals surface area (Å²) in [7, 11) is -3.08. The van der Waals surface area contributed by atoms with E-state index in [9.17, 15) is 8.42 Å². The van der Waals surface area contributed by atoms with Gasteiger partial charge >= 0.3 is 0 Å². The third-order valence-electron chi connectivity index (χ3n) is 4.74. The number of para-hydroxylation sites is 1. The zero-order valence-corrected chi connectivity index (χ0v) is 21.9. The van der Waals surface area contributed by atoms with E-state index in [1.165, 1.54) is 6.26 Å². The van der Waals surface area contributed by atoms with Gasteiger partial charge in [0.25, 0.3) is 0 Å². The van der Waals surface area contributed by atoms with Crippen LogP contribution in [0.3, 0.4) is 0 Å². The Hall–Kier alpha value is -1.07. The molecule has 2 N–H and O–H groups in total. The molecule has 0 radical (unpaired) electrons. The Morgan fingerprint density at radius 2 is 1.83 bits per heavy atom. The molecule has 0 bridgehead atoms. The second kappa shape index (κ2) is 12.1. The van der Waals surface area contributed by atoms with Crippen LogP contribution in [-0.4, -0.2) is 56.7 Å². The number of nitrogens with zero attached hydrogens (tertiary/aromatic N) is 2. The van der Waals surface area contributed by atoms with Crippen molar-refractivity contribution in [1.82, 2.24) is 14.9 Å². The molecule has 1 saturated heterocycles. The van der Waals surface area contributed by atoms with Crippen LogP contribution < -0.4 is 15.4 Å². The Morgan fingerprint density at radius 1 is 1.20 bits per heavy atom. The highest BCUT2D eigenvalue weighted by Crippen LogP contribution is 2.23. The maximum Gasteiger partial charge on any atom is 0.211 e. The summed E-state index contributed by atoms with van der Waals surface area (Å²) < 4.78 is 30.9. The number of hydrogen-bond acceptors (Lipinski definition) is 4. The predicted molar refractivity (Wildman–Crippen MR) is 134 cm³/mol. The van der Waals surface area contributed by atoms with Gasteiger partial charge < -0.3 is 15.4 Å². The fourth-order valence-electron chi connectivity index (χ4n) is 3.26. The molecular weight excluding hydrogens is 515 g/mol. The molecule has 1 aromatic rings. The summed E-state index contributed by atoms with van der Waals surface area (Å²) in [6.07, 6.45) is 3.01. The van der Waals surface area contributed by atoms with Gasteiger partial charge in [0, 0.05) is 31.7 Å². The number of rotatable bonds is 7. The van der Waals surface area contributed by atoms with E-state index in [0.29, 0.717) is 25.6 Å². The Balaban J connectivity index is 0.00000450. The average molecular weight is 553 g/mol. The lowest BCUT2D eigenvalue weighted by atomic mass is 9.98. The smallest absolute Gasteiger partial charge is 0.211 e. The third-order valence-corrected chi connectivity index (χ3v) is 6.04. The molecule has 0 amide bonds. The van der Waals surface area contributed by atoms with E-state index in [-0.39, 0.29) is 29.6 Å². The third kappa shape index (κ3) is 9.38. The standard InChI is InChI=1S/C21H36N4O3S.HI/c1-6-22-20(23-15-17-11-13-25(14-12-17)29(5,26)27)24-16-18-9-7-8-10-19(18)28-21(2,3)4;/h7-10,17H,6,11-16H2,1-5H3,(H2,22,23,24);1H. The molecule has 0 spiro atoms. The van der Waals surface area contributed by atoms with Crippen LogP contribution in [0.1, 0.15) is 46.1 Å². The minimum absolute atomic E-state index is 0. The number of guanidine groups is 1. The molecular formula is C21H37IN4O3S. The normalized spacial score (nSPS) is 16.6. The summed E-state index contributed by atoms with van der Waals surface area (Å²) in [4.78, 5) is 4.72. The van der Waals surface area contributed by atoms with Crippen molar-refractivity contribution in [3.63, 3.8) is 0 Å². The van der Waals surface area contributed by atoms with Gasteiger partial charge in [0.15, 0.2) is 5.96 Å². The highest BCUT2D eigenvalue weighted by atomic mass is 127. The van der Waals surface area contributed by atoms with E-state index in [2.05, 4.69) is 10.6 Å². The molecule has 0 aliphatic carbocycles. The summed E-state index contributed by atoms with van der Waals surface area (Å²) in [5, 5.41) is 6.70. The Bertz CT molecular complexity index is 786. The van der Waals surface area contributed by atoms with E-state index >= 15 is 0 Å². The summed E-state index contributed by atoms with van der Waals surface area (Å²) in [5.74, 6) is 2.06. The van der Waals surface area contributed by atoms with Crippen molar-refractivity contribution in [3.05, 3.63) is 29.8 Å². The van der Waals surface area contributed by atoms with Gasteiger partial charge in [0.05, 0.1) is 12.8 Å². The number of nitrogens with one attached hydrogen (secondary N) is 2. The van der Waals surface area contributed by atoms with E-state index < -0.39 is 10.0 Å². The largest absolute Gasteiger partial charge is 0.488 e. The van der Waals surface area contributed by atoms with Gasteiger partial charge in [-0.2, -0.15) is 0 Å².